The van der Waals surface area contributed by atoms with Crippen molar-refractivity contribution in [2.75, 3.05) is 0 Å². The molecule has 1 aromatic carbocycles. The molecule has 1 rings (SSSR count). The molecule has 0 aliphatic carbocycles. The van der Waals surface area contributed by atoms with Gasteiger partial charge in [-0.2, -0.15) is 0 Å². The molecule has 0 atom stereocenters. The van der Waals surface area contributed by atoms with Gasteiger partial charge in [-0.15, -0.1) is 12.6 Å². The van der Waals surface area contributed by atoms with Gasteiger partial charge in [0, 0.05) is 10.5 Å². The van der Waals surface area contributed by atoms with E-state index in [1.54, 1.807) is 6.07 Å². The molecule has 0 radical (unpaired) electrons. The summed E-state index contributed by atoms with van der Waals surface area (Å²) >= 11 is 3.96. The third-order valence-corrected chi connectivity index (χ3v) is 2.02. The van der Waals surface area contributed by atoms with Crippen molar-refractivity contribution < 1.29 is 45.7 Å². The number of carbonyl (C=O) groups is 2. The van der Waals surface area contributed by atoms with Crippen LogP contribution in [0.4, 0.5) is 0 Å². The van der Waals surface area contributed by atoms with Gasteiger partial charge in [0.1, 0.15) is 0 Å². The predicted molar refractivity (Wildman–Crippen MR) is 51.8 cm³/mol. The Hall–Kier alpha value is -0.290. The second-order valence-corrected chi connectivity index (χ2v) is 3.08. The first-order valence-corrected chi connectivity index (χ1v) is 4.04. The molecule has 0 amide bonds. The summed E-state index contributed by atoms with van der Waals surface area (Å²) in [7, 11) is 0. The Kier molecular flexibility index (Phi) is 5.44. The second-order valence-electron chi connectivity index (χ2n) is 2.59. The molecular formula is C9H9NaO3S. The van der Waals surface area contributed by atoms with Crippen molar-refractivity contribution in [3.63, 3.8) is 0 Å². The summed E-state index contributed by atoms with van der Waals surface area (Å²) in [6.45, 7) is 1.39. The van der Waals surface area contributed by atoms with E-state index < -0.39 is 5.97 Å². The monoisotopic (exact) mass is 220 g/mol. The van der Waals surface area contributed by atoms with Crippen molar-refractivity contribution in [3.8, 4) is 0 Å². The van der Waals surface area contributed by atoms with Crippen molar-refractivity contribution >= 4 is 24.4 Å². The molecule has 0 saturated carbocycles. The van der Waals surface area contributed by atoms with Gasteiger partial charge in [0.25, 0.3) is 0 Å². The van der Waals surface area contributed by atoms with Gasteiger partial charge in [-0.05, 0) is 19.1 Å². The van der Waals surface area contributed by atoms with Crippen LogP contribution in [0.5, 0.6) is 0 Å². The van der Waals surface area contributed by atoms with Gasteiger partial charge in [-0.1, -0.05) is 6.07 Å². The number of benzene rings is 1. The van der Waals surface area contributed by atoms with Gasteiger partial charge in [0.05, 0.1) is 5.56 Å². The Morgan fingerprint density at radius 2 is 2.00 bits per heavy atom. The normalized spacial score (nSPS) is 9.00. The Bertz CT molecular complexity index is 382. The van der Waals surface area contributed by atoms with E-state index in [-0.39, 0.29) is 42.3 Å². The van der Waals surface area contributed by atoms with Gasteiger partial charge in [-0.25, -0.2) is 4.79 Å². The standard InChI is InChI=1S/C9H8O3S.Na.H/c1-5(10)6-2-3-8(13)7(4-6)9(11)12;;/h2-4,13H,1H3,(H,11,12);;/q;+1;-1. The van der Waals surface area contributed by atoms with Gasteiger partial charge < -0.3 is 6.53 Å². The molecule has 3 nitrogen and oxygen atoms in total. The van der Waals surface area contributed by atoms with Gasteiger partial charge >= 0.3 is 35.5 Å². The van der Waals surface area contributed by atoms with Crippen LogP contribution in [0.2, 0.25) is 0 Å². The number of hydrogen-bond donors (Lipinski definition) is 2. The minimum Gasteiger partial charge on any atom is -1.00 e. The van der Waals surface area contributed by atoms with Crippen LogP contribution in [0.3, 0.4) is 0 Å². The molecule has 0 aliphatic heterocycles. The molecular weight excluding hydrogens is 211 g/mol. The summed E-state index contributed by atoms with van der Waals surface area (Å²) in [6, 6.07) is 4.38. The smallest absolute Gasteiger partial charge is 1.00 e. The maximum absolute atomic E-state index is 10.9. The van der Waals surface area contributed by atoms with Crippen LogP contribution < -0.4 is 29.6 Å². The van der Waals surface area contributed by atoms with E-state index >= 15 is 0 Å². The zero-order valence-corrected chi connectivity index (χ0v) is 10.8. The molecule has 0 bridgehead atoms. The molecule has 0 saturated heterocycles. The average molecular weight is 220 g/mol. The van der Waals surface area contributed by atoms with Crippen LogP contribution in [-0.2, 0) is 0 Å². The number of Topliss-reactive ketones (excluding diaryl/α,β-unsaturated/α-hetero) is 1. The van der Waals surface area contributed by atoms with Gasteiger partial charge in [0.15, 0.2) is 5.78 Å². The van der Waals surface area contributed by atoms with Crippen LogP contribution in [-0.4, -0.2) is 16.9 Å². The SMILES string of the molecule is CC(=O)c1ccc(S)c(C(=O)O)c1.[H-].[Na+]. The number of carboxylic acid groups (broad SMARTS) is 1. The van der Waals surface area contributed by atoms with E-state index in [0.29, 0.717) is 10.5 Å². The summed E-state index contributed by atoms with van der Waals surface area (Å²) in [4.78, 5) is 21.9. The third-order valence-electron chi connectivity index (χ3n) is 1.63. The summed E-state index contributed by atoms with van der Waals surface area (Å²) in [5, 5.41) is 8.71. The Morgan fingerprint density at radius 1 is 1.43 bits per heavy atom. The summed E-state index contributed by atoms with van der Waals surface area (Å²) in [5.41, 5.74) is 0.436. The van der Waals surface area contributed by atoms with Crippen molar-refractivity contribution in [1.29, 1.82) is 0 Å². The molecule has 70 valence electrons. The molecule has 0 aliphatic rings. The number of rotatable bonds is 2. The fraction of sp³-hybridized carbons (Fsp3) is 0.111. The van der Waals surface area contributed by atoms with E-state index in [1.807, 2.05) is 0 Å². The summed E-state index contributed by atoms with van der Waals surface area (Å²) < 4.78 is 0. The molecule has 14 heavy (non-hydrogen) atoms. The largest absolute Gasteiger partial charge is 1.00 e. The van der Waals surface area contributed by atoms with Gasteiger partial charge in [-0.3, -0.25) is 4.79 Å². The minimum absolute atomic E-state index is 0. The van der Waals surface area contributed by atoms with E-state index in [2.05, 4.69) is 12.6 Å². The fourth-order valence-electron chi connectivity index (χ4n) is 0.926. The van der Waals surface area contributed by atoms with Crippen LogP contribution in [0, 0.1) is 0 Å². The van der Waals surface area contributed by atoms with E-state index in [0.717, 1.165) is 0 Å². The topological polar surface area (TPSA) is 54.4 Å². The molecule has 0 spiro atoms. The van der Waals surface area contributed by atoms with Gasteiger partial charge in [0.2, 0.25) is 0 Å². The van der Waals surface area contributed by atoms with Crippen LogP contribution in [0.1, 0.15) is 29.1 Å². The van der Waals surface area contributed by atoms with E-state index in [9.17, 15) is 9.59 Å². The summed E-state index contributed by atoms with van der Waals surface area (Å²) in [6.07, 6.45) is 0. The maximum Gasteiger partial charge on any atom is 1.00 e. The third kappa shape index (κ3) is 3.13. The zero-order valence-electron chi connectivity index (χ0n) is 8.94. The van der Waals surface area contributed by atoms with Crippen molar-refractivity contribution in [1.82, 2.24) is 0 Å². The molecule has 0 aromatic heterocycles. The fourth-order valence-corrected chi connectivity index (χ4v) is 1.16. The number of hydrogen-bond acceptors (Lipinski definition) is 3. The summed E-state index contributed by atoms with van der Waals surface area (Å²) in [5.74, 6) is -1.23. The first kappa shape index (κ1) is 13.7. The van der Waals surface area contributed by atoms with E-state index in [4.69, 9.17) is 5.11 Å². The first-order valence-electron chi connectivity index (χ1n) is 3.59. The van der Waals surface area contributed by atoms with Crippen LogP contribution >= 0.6 is 12.6 Å². The zero-order chi connectivity index (χ0) is 10.0. The Balaban J connectivity index is 0. The van der Waals surface area contributed by atoms with Crippen molar-refractivity contribution in [2.45, 2.75) is 11.8 Å². The molecule has 1 aromatic rings. The predicted octanol–water partition coefficient (Wildman–Crippen LogP) is -1.01. The average Bonchev–Trinajstić information content (AvgIpc) is 2.04. The maximum atomic E-state index is 10.9. The Morgan fingerprint density at radius 3 is 2.43 bits per heavy atom. The number of carbonyl (C=O) groups excluding carboxylic acids is 1. The Labute approximate surface area is 111 Å². The molecule has 5 heteroatoms. The minimum atomic E-state index is -1.08. The van der Waals surface area contributed by atoms with Crippen molar-refractivity contribution in [2.24, 2.45) is 0 Å². The molecule has 0 unspecified atom stereocenters. The van der Waals surface area contributed by atoms with Crippen LogP contribution in [0.15, 0.2) is 23.1 Å². The number of carboxylic acids is 1. The van der Waals surface area contributed by atoms with E-state index in [1.165, 1.54) is 19.1 Å². The molecule has 0 heterocycles. The second kappa shape index (κ2) is 5.56. The molecule has 1 N–H and O–H groups in total. The number of thiol groups is 1. The number of ketones is 1. The quantitative estimate of drug-likeness (QED) is 0.381. The van der Waals surface area contributed by atoms with Crippen molar-refractivity contribution in [3.05, 3.63) is 29.3 Å². The molecule has 0 fully saturated rings. The number of aromatic carboxylic acids is 1. The van der Waals surface area contributed by atoms with Crippen LogP contribution in [0.25, 0.3) is 0 Å². The first-order chi connectivity index (χ1) is 6.02.